The molecule has 0 fully saturated rings. The first-order chi connectivity index (χ1) is 10.2. The largest absolute Gasteiger partial charge is 0.496 e. The SMILES string of the molecule is COCCCN(CCOC)c1cccc(OC)c1[C@H](C)O. The fourth-order valence-corrected chi connectivity index (χ4v) is 2.36. The van der Waals surface area contributed by atoms with Gasteiger partial charge in [0, 0.05) is 45.2 Å². The molecule has 0 aromatic heterocycles. The summed E-state index contributed by atoms with van der Waals surface area (Å²) in [6.07, 6.45) is 0.319. The highest BCUT2D eigenvalue weighted by Gasteiger charge is 2.18. The number of hydrogen-bond donors (Lipinski definition) is 1. The summed E-state index contributed by atoms with van der Waals surface area (Å²) in [5.41, 5.74) is 1.80. The average Bonchev–Trinajstić information content (AvgIpc) is 2.49. The van der Waals surface area contributed by atoms with E-state index >= 15 is 0 Å². The third-order valence-corrected chi connectivity index (χ3v) is 3.36. The normalized spacial score (nSPS) is 12.2. The Balaban J connectivity index is 3.03. The van der Waals surface area contributed by atoms with Crippen molar-refractivity contribution in [2.75, 3.05) is 52.5 Å². The minimum atomic E-state index is -0.594. The molecule has 0 unspecified atom stereocenters. The van der Waals surface area contributed by atoms with Crippen LogP contribution in [0.2, 0.25) is 0 Å². The van der Waals surface area contributed by atoms with Crippen molar-refractivity contribution in [1.29, 1.82) is 0 Å². The van der Waals surface area contributed by atoms with Gasteiger partial charge >= 0.3 is 0 Å². The van der Waals surface area contributed by atoms with E-state index in [1.807, 2.05) is 18.2 Å². The first-order valence-electron chi connectivity index (χ1n) is 7.23. The van der Waals surface area contributed by atoms with Crippen LogP contribution >= 0.6 is 0 Å². The van der Waals surface area contributed by atoms with Crippen molar-refractivity contribution in [3.63, 3.8) is 0 Å². The fourth-order valence-electron chi connectivity index (χ4n) is 2.36. The molecule has 1 rings (SSSR count). The van der Waals surface area contributed by atoms with Gasteiger partial charge in [-0.05, 0) is 25.5 Å². The topological polar surface area (TPSA) is 51.2 Å². The number of ether oxygens (including phenoxy) is 3. The molecule has 1 aromatic rings. The highest BCUT2D eigenvalue weighted by Crippen LogP contribution is 2.34. The van der Waals surface area contributed by atoms with E-state index in [0.29, 0.717) is 19.0 Å². The molecule has 1 aromatic carbocycles. The Labute approximate surface area is 127 Å². The average molecular weight is 297 g/mol. The van der Waals surface area contributed by atoms with Crippen LogP contribution in [0.5, 0.6) is 5.75 Å². The van der Waals surface area contributed by atoms with E-state index in [-0.39, 0.29) is 0 Å². The molecule has 0 heterocycles. The number of benzene rings is 1. The molecule has 1 atom stereocenters. The zero-order chi connectivity index (χ0) is 15.7. The Morgan fingerprint density at radius 3 is 2.38 bits per heavy atom. The number of rotatable bonds is 10. The number of hydrogen-bond acceptors (Lipinski definition) is 5. The minimum Gasteiger partial charge on any atom is -0.496 e. The molecule has 0 spiro atoms. The van der Waals surface area contributed by atoms with Gasteiger partial charge in [-0.3, -0.25) is 0 Å². The number of methoxy groups -OCH3 is 3. The summed E-state index contributed by atoms with van der Waals surface area (Å²) in [6, 6.07) is 5.82. The van der Waals surface area contributed by atoms with Gasteiger partial charge in [-0.25, -0.2) is 0 Å². The highest BCUT2D eigenvalue weighted by atomic mass is 16.5. The molecule has 0 amide bonds. The second-order valence-corrected chi connectivity index (χ2v) is 4.90. The minimum absolute atomic E-state index is 0.594. The maximum absolute atomic E-state index is 10.1. The first kappa shape index (κ1) is 17.8. The molecule has 0 bridgehead atoms. The third-order valence-electron chi connectivity index (χ3n) is 3.36. The Bertz CT molecular complexity index is 409. The summed E-state index contributed by atoms with van der Waals surface area (Å²) in [7, 11) is 5.01. The van der Waals surface area contributed by atoms with Crippen molar-refractivity contribution in [2.45, 2.75) is 19.4 Å². The second-order valence-electron chi connectivity index (χ2n) is 4.90. The van der Waals surface area contributed by atoms with Crippen molar-refractivity contribution >= 4 is 5.69 Å². The molecule has 5 heteroatoms. The molecule has 0 saturated heterocycles. The fraction of sp³-hybridized carbons (Fsp3) is 0.625. The Morgan fingerprint density at radius 1 is 1.10 bits per heavy atom. The molecule has 0 radical (unpaired) electrons. The molecule has 120 valence electrons. The predicted octanol–water partition coefficient (Wildman–Crippen LogP) is 2.24. The lowest BCUT2D eigenvalue weighted by Crippen LogP contribution is -2.30. The zero-order valence-corrected chi connectivity index (χ0v) is 13.5. The van der Waals surface area contributed by atoms with Crippen LogP contribution in [0, 0.1) is 0 Å². The van der Waals surface area contributed by atoms with Crippen molar-refractivity contribution in [3.05, 3.63) is 23.8 Å². The van der Waals surface area contributed by atoms with Gasteiger partial charge in [0.15, 0.2) is 0 Å². The molecule has 0 aliphatic heterocycles. The predicted molar refractivity (Wildman–Crippen MR) is 84.2 cm³/mol. The van der Waals surface area contributed by atoms with Crippen LogP contribution in [0.15, 0.2) is 18.2 Å². The molecule has 0 aliphatic rings. The summed E-state index contributed by atoms with van der Waals surface area (Å²) in [6.45, 7) is 4.68. The monoisotopic (exact) mass is 297 g/mol. The Hall–Kier alpha value is -1.30. The van der Waals surface area contributed by atoms with E-state index in [2.05, 4.69) is 4.90 Å². The van der Waals surface area contributed by atoms with E-state index in [1.165, 1.54) is 0 Å². The van der Waals surface area contributed by atoms with Gasteiger partial charge < -0.3 is 24.2 Å². The van der Waals surface area contributed by atoms with E-state index < -0.39 is 6.10 Å². The smallest absolute Gasteiger partial charge is 0.126 e. The Morgan fingerprint density at radius 2 is 1.81 bits per heavy atom. The molecule has 5 nitrogen and oxygen atoms in total. The molecule has 21 heavy (non-hydrogen) atoms. The summed E-state index contributed by atoms with van der Waals surface area (Å²) >= 11 is 0. The molecule has 0 aliphatic carbocycles. The van der Waals surface area contributed by atoms with Gasteiger partial charge in [-0.1, -0.05) is 6.07 Å². The standard InChI is InChI=1S/C16H27NO4/c1-13(18)16-14(7-5-8-15(16)21-4)17(10-12-20-3)9-6-11-19-2/h5,7-8,13,18H,6,9-12H2,1-4H3/t13-/m0/s1. The van der Waals surface area contributed by atoms with Gasteiger partial charge in [0.25, 0.3) is 0 Å². The van der Waals surface area contributed by atoms with Crippen LogP contribution in [-0.4, -0.2) is 52.7 Å². The first-order valence-corrected chi connectivity index (χ1v) is 7.23. The molecular weight excluding hydrogens is 270 g/mol. The number of aliphatic hydroxyl groups is 1. The molecule has 1 N–H and O–H groups in total. The Kier molecular flexibility index (Phi) is 8.12. The van der Waals surface area contributed by atoms with Crippen molar-refractivity contribution < 1.29 is 19.3 Å². The zero-order valence-electron chi connectivity index (χ0n) is 13.5. The molecule has 0 saturated carbocycles. The summed E-state index contributed by atoms with van der Waals surface area (Å²) in [5, 5.41) is 10.1. The maximum Gasteiger partial charge on any atom is 0.126 e. The quantitative estimate of drug-likeness (QED) is 0.671. The highest BCUT2D eigenvalue weighted by molar-refractivity contribution is 5.60. The molecular formula is C16H27NO4. The van der Waals surface area contributed by atoms with Crippen LogP contribution in [0.25, 0.3) is 0 Å². The summed E-state index contributed by atoms with van der Waals surface area (Å²) in [5.74, 6) is 0.705. The summed E-state index contributed by atoms with van der Waals surface area (Å²) < 4.78 is 15.7. The lowest BCUT2D eigenvalue weighted by Gasteiger charge is -2.28. The van der Waals surface area contributed by atoms with E-state index in [1.54, 1.807) is 28.3 Å². The van der Waals surface area contributed by atoms with E-state index in [4.69, 9.17) is 14.2 Å². The maximum atomic E-state index is 10.1. The van der Waals surface area contributed by atoms with Gasteiger partial charge in [0.1, 0.15) is 5.75 Å². The van der Waals surface area contributed by atoms with Crippen LogP contribution in [0.4, 0.5) is 5.69 Å². The summed E-state index contributed by atoms with van der Waals surface area (Å²) in [4.78, 5) is 2.20. The number of nitrogens with zero attached hydrogens (tertiary/aromatic N) is 1. The van der Waals surface area contributed by atoms with Crippen LogP contribution < -0.4 is 9.64 Å². The van der Waals surface area contributed by atoms with Crippen LogP contribution in [0.1, 0.15) is 25.0 Å². The van der Waals surface area contributed by atoms with E-state index in [0.717, 1.165) is 30.8 Å². The van der Waals surface area contributed by atoms with Crippen LogP contribution in [0.3, 0.4) is 0 Å². The van der Waals surface area contributed by atoms with Crippen molar-refractivity contribution in [2.24, 2.45) is 0 Å². The van der Waals surface area contributed by atoms with Crippen molar-refractivity contribution in [1.82, 2.24) is 0 Å². The van der Waals surface area contributed by atoms with Gasteiger partial charge in [-0.15, -0.1) is 0 Å². The van der Waals surface area contributed by atoms with Gasteiger partial charge in [0.05, 0.1) is 19.8 Å². The lowest BCUT2D eigenvalue weighted by atomic mass is 10.1. The van der Waals surface area contributed by atoms with E-state index in [9.17, 15) is 5.11 Å². The third kappa shape index (κ3) is 5.19. The second kappa shape index (κ2) is 9.60. The van der Waals surface area contributed by atoms with Crippen LogP contribution in [-0.2, 0) is 9.47 Å². The lowest BCUT2D eigenvalue weighted by molar-refractivity contribution is 0.188. The number of aliphatic hydroxyl groups excluding tert-OH is 1. The number of anilines is 1. The van der Waals surface area contributed by atoms with Gasteiger partial charge in [-0.2, -0.15) is 0 Å². The van der Waals surface area contributed by atoms with Gasteiger partial charge in [0.2, 0.25) is 0 Å². The van der Waals surface area contributed by atoms with Crippen molar-refractivity contribution in [3.8, 4) is 5.75 Å².